The molecule has 0 aliphatic carbocycles. The summed E-state index contributed by atoms with van der Waals surface area (Å²) < 4.78 is 38.0. The lowest BCUT2D eigenvalue weighted by molar-refractivity contribution is -0.385. The highest BCUT2D eigenvalue weighted by atomic mass is 32.2. The molecular weight excluding hydrogens is 336 g/mol. The standard InChI is InChI=1S/C15H14N2O6S/c18-17(19)12-6-7-15(14(8-12)23-10-13-9-22-13)24(20,21)16-11-4-2-1-3-5-11/h1-8,13,16H,9-10H2. The van der Waals surface area contributed by atoms with Crippen LogP contribution in [0.25, 0.3) is 0 Å². The number of para-hydroxylation sites is 1. The summed E-state index contributed by atoms with van der Waals surface area (Å²) in [6.45, 7) is 0.661. The van der Waals surface area contributed by atoms with E-state index in [4.69, 9.17) is 9.47 Å². The van der Waals surface area contributed by atoms with E-state index in [-0.39, 0.29) is 29.0 Å². The number of nitro groups is 1. The van der Waals surface area contributed by atoms with Crippen LogP contribution < -0.4 is 9.46 Å². The normalized spacial score (nSPS) is 16.4. The molecule has 0 amide bonds. The first-order valence-electron chi connectivity index (χ1n) is 7.06. The maximum atomic E-state index is 12.6. The van der Waals surface area contributed by atoms with E-state index in [1.807, 2.05) is 0 Å². The van der Waals surface area contributed by atoms with Crippen molar-refractivity contribution in [1.29, 1.82) is 0 Å². The van der Waals surface area contributed by atoms with Gasteiger partial charge in [-0.15, -0.1) is 0 Å². The van der Waals surface area contributed by atoms with Gasteiger partial charge in [-0.25, -0.2) is 8.42 Å². The summed E-state index contributed by atoms with van der Waals surface area (Å²) in [4.78, 5) is 10.1. The van der Waals surface area contributed by atoms with Crippen molar-refractivity contribution in [3.63, 3.8) is 0 Å². The van der Waals surface area contributed by atoms with Crippen molar-refractivity contribution in [3.05, 3.63) is 58.6 Å². The van der Waals surface area contributed by atoms with Gasteiger partial charge in [-0.05, 0) is 18.2 Å². The minimum absolute atomic E-state index is 0.0804. The first-order chi connectivity index (χ1) is 11.5. The Kier molecular flexibility index (Phi) is 4.36. The Labute approximate surface area is 138 Å². The van der Waals surface area contributed by atoms with E-state index in [0.717, 1.165) is 18.2 Å². The number of nitro benzene ring substituents is 1. The van der Waals surface area contributed by atoms with Gasteiger partial charge in [0.2, 0.25) is 0 Å². The molecule has 1 aliphatic heterocycles. The molecule has 24 heavy (non-hydrogen) atoms. The number of epoxide rings is 1. The van der Waals surface area contributed by atoms with Crippen LogP contribution in [0.3, 0.4) is 0 Å². The number of benzene rings is 2. The Hall–Kier alpha value is -2.65. The van der Waals surface area contributed by atoms with Gasteiger partial charge in [0.15, 0.2) is 0 Å². The van der Waals surface area contributed by atoms with E-state index in [9.17, 15) is 18.5 Å². The SMILES string of the molecule is O=[N+]([O-])c1ccc(S(=O)(=O)Nc2ccccc2)c(OCC2CO2)c1. The molecule has 1 aliphatic rings. The van der Waals surface area contributed by atoms with Crippen molar-refractivity contribution in [3.8, 4) is 5.75 Å². The highest BCUT2D eigenvalue weighted by Gasteiger charge is 2.27. The molecule has 1 fully saturated rings. The number of ether oxygens (including phenoxy) is 2. The molecule has 1 N–H and O–H groups in total. The van der Waals surface area contributed by atoms with Gasteiger partial charge in [-0.3, -0.25) is 14.8 Å². The van der Waals surface area contributed by atoms with Crippen molar-refractivity contribution >= 4 is 21.4 Å². The van der Waals surface area contributed by atoms with Crippen LogP contribution in [0.5, 0.6) is 5.75 Å². The Bertz CT molecular complexity index is 850. The fourth-order valence-electron chi connectivity index (χ4n) is 2.01. The number of anilines is 1. The molecule has 0 spiro atoms. The molecule has 0 bridgehead atoms. The summed E-state index contributed by atoms with van der Waals surface area (Å²) in [5.41, 5.74) is 0.132. The lowest BCUT2D eigenvalue weighted by Crippen LogP contribution is -2.15. The molecule has 9 heteroatoms. The van der Waals surface area contributed by atoms with Crippen LogP contribution in [0.4, 0.5) is 11.4 Å². The molecule has 126 valence electrons. The summed E-state index contributed by atoms with van der Waals surface area (Å²) in [7, 11) is -3.95. The second-order valence-electron chi connectivity index (χ2n) is 5.13. The van der Waals surface area contributed by atoms with E-state index in [1.165, 1.54) is 0 Å². The summed E-state index contributed by atoms with van der Waals surface area (Å²) >= 11 is 0. The number of nitrogens with one attached hydrogen (secondary N) is 1. The summed E-state index contributed by atoms with van der Waals surface area (Å²) in [5.74, 6) is -0.0804. The molecule has 1 heterocycles. The minimum Gasteiger partial charge on any atom is -0.489 e. The smallest absolute Gasteiger partial charge is 0.273 e. The Morgan fingerprint density at radius 1 is 1.25 bits per heavy atom. The summed E-state index contributed by atoms with van der Waals surface area (Å²) in [6, 6.07) is 11.7. The molecule has 3 rings (SSSR count). The lowest BCUT2D eigenvalue weighted by atomic mass is 10.3. The van der Waals surface area contributed by atoms with Crippen molar-refractivity contribution in [2.24, 2.45) is 0 Å². The second kappa shape index (κ2) is 6.46. The van der Waals surface area contributed by atoms with E-state index < -0.39 is 14.9 Å². The zero-order valence-corrected chi connectivity index (χ0v) is 13.2. The molecule has 1 saturated heterocycles. The third-order valence-electron chi connectivity index (χ3n) is 3.28. The number of nitrogens with zero attached hydrogens (tertiary/aromatic N) is 1. The van der Waals surface area contributed by atoms with Gasteiger partial charge < -0.3 is 9.47 Å². The lowest BCUT2D eigenvalue weighted by Gasteiger charge is -2.13. The van der Waals surface area contributed by atoms with Crippen LogP contribution in [0, 0.1) is 10.1 Å². The summed E-state index contributed by atoms with van der Waals surface area (Å²) in [5, 5.41) is 10.9. The van der Waals surface area contributed by atoms with Gasteiger partial charge in [0.25, 0.3) is 15.7 Å². The average molecular weight is 350 g/mol. The molecule has 2 aromatic carbocycles. The Morgan fingerprint density at radius 2 is 1.96 bits per heavy atom. The van der Waals surface area contributed by atoms with Gasteiger partial charge in [0.1, 0.15) is 23.4 Å². The average Bonchev–Trinajstić information content (AvgIpc) is 3.37. The van der Waals surface area contributed by atoms with E-state index >= 15 is 0 Å². The van der Waals surface area contributed by atoms with Gasteiger partial charge in [-0.2, -0.15) is 0 Å². The van der Waals surface area contributed by atoms with Gasteiger partial charge in [0.05, 0.1) is 17.6 Å². The molecular formula is C15H14N2O6S. The molecule has 1 atom stereocenters. The van der Waals surface area contributed by atoms with Crippen LogP contribution in [-0.4, -0.2) is 32.7 Å². The predicted molar refractivity (Wildman–Crippen MR) is 85.6 cm³/mol. The van der Waals surface area contributed by atoms with E-state index in [2.05, 4.69) is 4.72 Å². The van der Waals surface area contributed by atoms with Crippen LogP contribution in [0.2, 0.25) is 0 Å². The zero-order chi connectivity index (χ0) is 17.2. The van der Waals surface area contributed by atoms with Gasteiger partial charge in [-0.1, -0.05) is 18.2 Å². The topological polar surface area (TPSA) is 111 Å². The third kappa shape index (κ3) is 3.81. The van der Waals surface area contributed by atoms with Crippen LogP contribution in [0.15, 0.2) is 53.4 Å². The number of hydrogen-bond donors (Lipinski definition) is 1. The van der Waals surface area contributed by atoms with Crippen LogP contribution >= 0.6 is 0 Å². The molecule has 8 nitrogen and oxygen atoms in total. The predicted octanol–water partition coefficient (Wildman–Crippen LogP) is 2.17. The zero-order valence-electron chi connectivity index (χ0n) is 12.4. The number of rotatable bonds is 7. The van der Waals surface area contributed by atoms with Crippen molar-refractivity contribution in [1.82, 2.24) is 0 Å². The summed E-state index contributed by atoms with van der Waals surface area (Å²) in [6.07, 6.45) is -0.109. The molecule has 1 unspecified atom stereocenters. The molecule has 0 aromatic heterocycles. The molecule has 0 saturated carbocycles. The minimum atomic E-state index is -3.95. The number of sulfonamides is 1. The van der Waals surface area contributed by atoms with E-state index in [1.54, 1.807) is 30.3 Å². The quantitative estimate of drug-likeness (QED) is 0.465. The number of non-ortho nitro benzene ring substituents is 1. The first kappa shape index (κ1) is 16.2. The fourth-order valence-corrected chi connectivity index (χ4v) is 3.19. The first-order valence-corrected chi connectivity index (χ1v) is 8.55. The van der Waals surface area contributed by atoms with Gasteiger partial charge in [0, 0.05) is 11.8 Å². The Morgan fingerprint density at radius 3 is 2.58 bits per heavy atom. The van der Waals surface area contributed by atoms with Crippen LogP contribution in [0.1, 0.15) is 0 Å². The van der Waals surface area contributed by atoms with Crippen molar-refractivity contribution in [2.45, 2.75) is 11.0 Å². The van der Waals surface area contributed by atoms with Crippen molar-refractivity contribution in [2.75, 3.05) is 17.9 Å². The molecule has 2 aromatic rings. The Balaban J connectivity index is 1.93. The van der Waals surface area contributed by atoms with Crippen LogP contribution in [-0.2, 0) is 14.8 Å². The number of hydrogen-bond acceptors (Lipinski definition) is 6. The highest BCUT2D eigenvalue weighted by molar-refractivity contribution is 7.92. The maximum absolute atomic E-state index is 12.6. The molecule has 0 radical (unpaired) electrons. The largest absolute Gasteiger partial charge is 0.489 e. The highest BCUT2D eigenvalue weighted by Crippen LogP contribution is 2.30. The van der Waals surface area contributed by atoms with Crippen molar-refractivity contribution < 1.29 is 22.8 Å². The second-order valence-corrected chi connectivity index (χ2v) is 6.78. The fraction of sp³-hybridized carbons (Fsp3) is 0.200. The monoisotopic (exact) mass is 350 g/mol. The maximum Gasteiger partial charge on any atom is 0.273 e. The van der Waals surface area contributed by atoms with E-state index in [0.29, 0.717) is 12.3 Å². The van der Waals surface area contributed by atoms with Gasteiger partial charge >= 0.3 is 0 Å². The third-order valence-corrected chi connectivity index (χ3v) is 4.70.